The highest BCUT2D eigenvalue weighted by molar-refractivity contribution is 7.53. The average molecular weight is 396 g/mol. The molecule has 2 aliphatic rings. The van der Waals surface area contributed by atoms with E-state index in [1.54, 1.807) is 13.8 Å². The topological polar surface area (TPSA) is 116 Å². The first-order valence-corrected chi connectivity index (χ1v) is 9.85. The fourth-order valence-electron chi connectivity index (χ4n) is 2.55. The number of nitrogens with zero attached hydrogens (tertiary/aromatic N) is 2. The van der Waals surface area contributed by atoms with E-state index in [1.807, 2.05) is 0 Å². The van der Waals surface area contributed by atoms with Crippen LogP contribution in [0.3, 0.4) is 0 Å². The van der Waals surface area contributed by atoms with Gasteiger partial charge in [0.05, 0.1) is 59.4 Å². The third-order valence-corrected chi connectivity index (χ3v) is 5.52. The second kappa shape index (κ2) is 8.75. The number of rotatable bonds is 12. The maximum absolute atomic E-state index is 12.5. The standard InChI is InChI=1S/C14H25N2O9P/c1-14(2)12(17)15(13(18)16(14)9-11-10-23-11)5-6-22-7-8-26(19,24-20-3)25-21-4/h11H,5-10H2,1-4H3. The van der Waals surface area contributed by atoms with Crippen molar-refractivity contribution in [3.8, 4) is 0 Å². The zero-order valence-corrected chi connectivity index (χ0v) is 16.2. The van der Waals surface area contributed by atoms with Gasteiger partial charge in [-0.1, -0.05) is 0 Å². The van der Waals surface area contributed by atoms with Gasteiger partial charge in [0, 0.05) is 0 Å². The van der Waals surface area contributed by atoms with Crippen molar-refractivity contribution in [1.82, 2.24) is 9.80 Å². The Kier molecular flexibility index (Phi) is 7.14. The van der Waals surface area contributed by atoms with Crippen molar-refractivity contribution in [2.75, 3.05) is 53.3 Å². The summed E-state index contributed by atoms with van der Waals surface area (Å²) in [6.07, 6.45) is -0.120. The summed E-state index contributed by atoms with van der Waals surface area (Å²) in [7, 11) is -1.20. The van der Waals surface area contributed by atoms with Crippen LogP contribution in [0.1, 0.15) is 13.8 Å². The molecule has 2 aliphatic heterocycles. The maximum atomic E-state index is 12.5. The molecule has 0 saturated carbocycles. The molecule has 2 rings (SSSR count). The number of hydrogen-bond donors (Lipinski definition) is 0. The summed E-state index contributed by atoms with van der Waals surface area (Å²) in [6.45, 7) is 4.58. The minimum Gasteiger partial charge on any atom is -0.379 e. The maximum Gasteiger partial charge on any atom is 0.386 e. The monoisotopic (exact) mass is 396 g/mol. The third kappa shape index (κ3) is 5.01. The Bertz CT molecular complexity index is 557. The summed E-state index contributed by atoms with van der Waals surface area (Å²) in [5.41, 5.74) is -0.919. The number of carbonyl (C=O) groups is 2. The van der Waals surface area contributed by atoms with Gasteiger partial charge in [0.25, 0.3) is 5.91 Å². The number of epoxide rings is 1. The number of hydrogen-bond acceptors (Lipinski definition) is 9. The molecule has 3 amide bonds. The predicted octanol–water partition coefficient (Wildman–Crippen LogP) is 0.794. The molecular formula is C14H25N2O9P. The van der Waals surface area contributed by atoms with Gasteiger partial charge < -0.3 is 14.4 Å². The molecular weight excluding hydrogens is 371 g/mol. The molecule has 0 spiro atoms. The van der Waals surface area contributed by atoms with E-state index in [-0.39, 0.29) is 44.0 Å². The second-order valence-electron chi connectivity index (χ2n) is 6.29. The zero-order valence-electron chi connectivity index (χ0n) is 15.3. The minimum absolute atomic E-state index is 0.00191. The van der Waals surface area contributed by atoms with Crippen LogP contribution in [0.4, 0.5) is 4.79 Å². The molecule has 0 bridgehead atoms. The van der Waals surface area contributed by atoms with Crippen LogP contribution in [-0.4, -0.2) is 86.7 Å². The molecule has 0 aromatic carbocycles. The molecule has 12 heteroatoms. The van der Waals surface area contributed by atoms with Gasteiger partial charge in [0.1, 0.15) is 5.54 Å². The molecule has 2 saturated heterocycles. The van der Waals surface area contributed by atoms with E-state index < -0.39 is 13.1 Å². The van der Waals surface area contributed by atoms with E-state index in [0.717, 1.165) is 4.90 Å². The van der Waals surface area contributed by atoms with Gasteiger partial charge in [-0.2, -0.15) is 0 Å². The van der Waals surface area contributed by atoms with Crippen molar-refractivity contribution < 1.29 is 42.8 Å². The van der Waals surface area contributed by atoms with Gasteiger partial charge in [-0.05, 0) is 13.8 Å². The van der Waals surface area contributed by atoms with Crippen LogP contribution in [0, 0.1) is 0 Å². The minimum atomic E-state index is -3.59. The first-order valence-electron chi connectivity index (χ1n) is 8.12. The van der Waals surface area contributed by atoms with Crippen LogP contribution in [0.5, 0.6) is 0 Å². The van der Waals surface area contributed by atoms with Crippen LogP contribution in [0.2, 0.25) is 0 Å². The van der Waals surface area contributed by atoms with Gasteiger partial charge in [-0.25, -0.2) is 14.6 Å². The molecule has 0 aromatic rings. The summed E-state index contributed by atoms with van der Waals surface area (Å²) >= 11 is 0. The molecule has 2 fully saturated rings. The lowest BCUT2D eigenvalue weighted by molar-refractivity contribution is -0.242. The van der Waals surface area contributed by atoms with Gasteiger partial charge >= 0.3 is 13.6 Å². The average Bonchev–Trinajstić information content (AvgIpc) is 3.36. The summed E-state index contributed by atoms with van der Waals surface area (Å²) in [6, 6.07) is -0.366. The third-order valence-electron chi connectivity index (χ3n) is 4.04. The van der Waals surface area contributed by atoms with Gasteiger partial charge in [-0.15, -0.1) is 9.35 Å². The molecule has 150 valence electrons. The molecule has 0 aromatic heterocycles. The highest BCUT2D eigenvalue weighted by Gasteiger charge is 2.52. The SMILES string of the molecule is COOP(=O)(CCOCCN1C(=O)N(CC2CO2)C(C)(C)C1=O)OOC. The molecule has 1 unspecified atom stereocenters. The lowest BCUT2D eigenvalue weighted by Crippen LogP contribution is -2.45. The molecule has 11 nitrogen and oxygen atoms in total. The Balaban J connectivity index is 1.79. The molecule has 2 heterocycles. The quantitative estimate of drug-likeness (QED) is 0.118. The van der Waals surface area contributed by atoms with Gasteiger partial charge in [0.15, 0.2) is 0 Å². The normalized spacial score (nSPS) is 22.4. The second-order valence-corrected chi connectivity index (χ2v) is 8.26. The van der Waals surface area contributed by atoms with E-state index in [0.29, 0.717) is 13.2 Å². The Morgan fingerprint density at radius 1 is 1.19 bits per heavy atom. The molecule has 1 atom stereocenters. The molecule has 0 aliphatic carbocycles. The number of ether oxygens (including phenoxy) is 2. The van der Waals surface area contributed by atoms with E-state index in [1.165, 1.54) is 19.1 Å². The van der Waals surface area contributed by atoms with Crippen LogP contribution < -0.4 is 0 Å². The molecule has 0 radical (unpaired) electrons. The Labute approximate surface area is 151 Å². The number of imide groups is 1. The highest BCUT2D eigenvalue weighted by Crippen LogP contribution is 2.47. The number of urea groups is 1. The van der Waals surface area contributed by atoms with Gasteiger partial charge in [-0.3, -0.25) is 14.3 Å². The lowest BCUT2D eigenvalue weighted by Gasteiger charge is -2.26. The van der Waals surface area contributed by atoms with Crippen molar-refractivity contribution in [2.24, 2.45) is 0 Å². The summed E-state index contributed by atoms with van der Waals surface area (Å²) in [4.78, 5) is 36.4. The Hall–Kier alpha value is -1.07. The summed E-state index contributed by atoms with van der Waals surface area (Å²) in [5, 5.41) is 0. The van der Waals surface area contributed by atoms with Crippen molar-refractivity contribution in [3.63, 3.8) is 0 Å². The van der Waals surface area contributed by atoms with Crippen molar-refractivity contribution in [2.45, 2.75) is 25.5 Å². The van der Waals surface area contributed by atoms with Gasteiger partial charge in [0.2, 0.25) is 0 Å². The largest absolute Gasteiger partial charge is 0.386 e. The highest BCUT2D eigenvalue weighted by atomic mass is 31.2. The summed E-state index contributed by atoms with van der Waals surface area (Å²) < 4.78 is 31.7. The van der Waals surface area contributed by atoms with E-state index >= 15 is 0 Å². The fourth-order valence-corrected chi connectivity index (χ4v) is 3.53. The first-order chi connectivity index (χ1) is 12.2. The lowest BCUT2D eigenvalue weighted by atomic mass is 10.0. The predicted molar refractivity (Wildman–Crippen MR) is 87.1 cm³/mol. The van der Waals surface area contributed by atoms with Crippen molar-refractivity contribution in [3.05, 3.63) is 0 Å². The van der Waals surface area contributed by atoms with Crippen LogP contribution in [0.25, 0.3) is 0 Å². The zero-order chi connectivity index (χ0) is 19.4. The van der Waals surface area contributed by atoms with E-state index in [4.69, 9.17) is 9.47 Å². The van der Waals surface area contributed by atoms with Crippen LogP contribution in [-0.2, 0) is 38.0 Å². The molecule has 0 N–H and O–H groups in total. The van der Waals surface area contributed by atoms with Crippen LogP contribution in [0.15, 0.2) is 0 Å². The Morgan fingerprint density at radius 2 is 1.81 bits per heavy atom. The van der Waals surface area contributed by atoms with Crippen molar-refractivity contribution >= 4 is 19.5 Å². The first kappa shape index (κ1) is 21.2. The smallest absolute Gasteiger partial charge is 0.379 e. The fraction of sp³-hybridized carbons (Fsp3) is 0.857. The van der Waals surface area contributed by atoms with Crippen molar-refractivity contribution in [1.29, 1.82) is 0 Å². The number of amides is 3. The van der Waals surface area contributed by atoms with E-state index in [9.17, 15) is 14.2 Å². The number of carbonyl (C=O) groups excluding carboxylic acids is 2. The van der Waals surface area contributed by atoms with Crippen LogP contribution >= 0.6 is 7.60 Å². The summed E-state index contributed by atoms with van der Waals surface area (Å²) in [5.74, 6) is -0.289. The van der Waals surface area contributed by atoms with E-state index in [2.05, 4.69) is 19.1 Å². The molecule has 26 heavy (non-hydrogen) atoms. The Morgan fingerprint density at radius 3 is 2.35 bits per heavy atom.